The molecule has 0 aromatic heterocycles. The first kappa shape index (κ1) is 13.4. The van der Waals surface area contributed by atoms with Gasteiger partial charge in [-0.2, -0.15) is 0 Å². The number of halogens is 1. The van der Waals surface area contributed by atoms with Crippen molar-refractivity contribution in [3.8, 4) is 0 Å². The van der Waals surface area contributed by atoms with Gasteiger partial charge in [0.1, 0.15) is 0 Å². The predicted octanol–water partition coefficient (Wildman–Crippen LogP) is 3.43. The van der Waals surface area contributed by atoms with Crippen molar-refractivity contribution in [1.29, 1.82) is 0 Å². The number of alkyl halides is 1. The van der Waals surface area contributed by atoms with E-state index in [0.717, 1.165) is 23.7 Å². The zero-order chi connectivity index (χ0) is 10.3. The lowest BCUT2D eigenvalue weighted by molar-refractivity contribution is 0.418. The first-order valence-corrected chi connectivity index (χ1v) is 6.49. The fraction of sp³-hybridized carbons (Fsp3) is 1.00. The Morgan fingerprint density at radius 1 is 1.15 bits per heavy atom. The van der Waals surface area contributed by atoms with E-state index >= 15 is 0 Å². The van der Waals surface area contributed by atoms with E-state index in [1.807, 2.05) is 0 Å². The van der Waals surface area contributed by atoms with Crippen LogP contribution in [0, 0.1) is 11.8 Å². The van der Waals surface area contributed by atoms with Gasteiger partial charge in [0.15, 0.2) is 0 Å². The molecule has 0 radical (unpaired) electrons. The van der Waals surface area contributed by atoms with Crippen LogP contribution in [-0.4, -0.2) is 17.9 Å². The van der Waals surface area contributed by atoms with Gasteiger partial charge in [0.05, 0.1) is 0 Å². The van der Waals surface area contributed by atoms with E-state index in [-0.39, 0.29) is 0 Å². The molecular weight excluding hydrogens is 226 g/mol. The molecule has 0 saturated heterocycles. The molecule has 0 aliphatic rings. The summed E-state index contributed by atoms with van der Waals surface area (Å²) in [4.78, 5) is 0. The lowest BCUT2D eigenvalue weighted by Gasteiger charge is -2.19. The van der Waals surface area contributed by atoms with E-state index in [1.54, 1.807) is 0 Å². The molecule has 1 nitrogen and oxygen atoms in total. The molecule has 80 valence electrons. The fourth-order valence-corrected chi connectivity index (χ4v) is 1.74. The maximum atomic E-state index is 3.56. The Morgan fingerprint density at radius 2 is 1.77 bits per heavy atom. The topological polar surface area (TPSA) is 12.0 Å². The third kappa shape index (κ3) is 7.51. The van der Waals surface area contributed by atoms with E-state index in [2.05, 4.69) is 48.9 Å². The van der Waals surface area contributed by atoms with Gasteiger partial charge >= 0.3 is 0 Å². The molecule has 13 heavy (non-hydrogen) atoms. The van der Waals surface area contributed by atoms with Crippen LogP contribution in [0.4, 0.5) is 0 Å². The number of rotatable bonds is 7. The Balaban J connectivity index is 3.31. The lowest BCUT2D eigenvalue weighted by Crippen LogP contribution is -2.33. The maximum Gasteiger partial charge on any atom is 0.00723 e. The minimum Gasteiger partial charge on any atom is -0.314 e. The van der Waals surface area contributed by atoms with Gasteiger partial charge in [0.25, 0.3) is 0 Å². The summed E-state index contributed by atoms with van der Waals surface area (Å²) in [6.45, 7) is 10.3. The maximum absolute atomic E-state index is 3.56. The number of nitrogens with one attached hydrogen (secondary N) is 1. The minimum absolute atomic E-state index is 0.631. The molecular formula is C11H24BrN. The molecule has 0 spiro atoms. The highest BCUT2D eigenvalue weighted by Crippen LogP contribution is 2.07. The summed E-state index contributed by atoms with van der Waals surface area (Å²) in [5, 5.41) is 4.65. The van der Waals surface area contributed by atoms with Gasteiger partial charge in [-0.05, 0) is 38.1 Å². The Kier molecular flexibility index (Phi) is 8.07. The highest BCUT2D eigenvalue weighted by molar-refractivity contribution is 9.09. The van der Waals surface area contributed by atoms with Crippen molar-refractivity contribution in [3.05, 3.63) is 0 Å². The standard InChI is InChI=1S/C11H24BrN/c1-9(2)6-5-7-13-11(4)10(3)8-12/h9-11,13H,5-8H2,1-4H3. The molecule has 0 aromatic rings. The summed E-state index contributed by atoms with van der Waals surface area (Å²) in [7, 11) is 0. The Hall–Kier alpha value is 0.440. The Morgan fingerprint density at radius 3 is 2.23 bits per heavy atom. The second-order valence-corrected chi connectivity index (χ2v) is 5.06. The van der Waals surface area contributed by atoms with Crippen molar-refractivity contribution >= 4 is 15.9 Å². The molecule has 0 saturated carbocycles. The van der Waals surface area contributed by atoms with Crippen LogP contribution in [0.5, 0.6) is 0 Å². The second kappa shape index (κ2) is 7.81. The van der Waals surface area contributed by atoms with Crippen LogP contribution >= 0.6 is 15.9 Å². The first-order valence-electron chi connectivity index (χ1n) is 5.37. The monoisotopic (exact) mass is 249 g/mol. The smallest absolute Gasteiger partial charge is 0.00723 e. The second-order valence-electron chi connectivity index (χ2n) is 4.41. The molecule has 0 amide bonds. The van der Waals surface area contributed by atoms with E-state index in [0.29, 0.717) is 6.04 Å². The van der Waals surface area contributed by atoms with Crippen LogP contribution < -0.4 is 5.32 Å². The van der Waals surface area contributed by atoms with Crippen LogP contribution in [0.25, 0.3) is 0 Å². The predicted molar refractivity (Wildman–Crippen MR) is 64.5 cm³/mol. The van der Waals surface area contributed by atoms with Crippen molar-refractivity contribution in [2.24, 2.45) is 11.8 Å². The largest absolute Gasteiger partial charge is 0.314 e. The third-order valence-electron chi connectivity index (χ3n) is 2.52. The van der Waals surface area contributed by atoms with Crippen molar-refractivity contribution in [1.82, 2.24) is 5.32 Å². The summed E-state index contributed by atoms with van der Waals surface area (Å²) in [6, 6.07) is 0.631. The number of hydrogen-bond donors (Lipinski definition) is 1. The normalized spacial score (nSPS) is 16.2. The fourth-order valence-electron chi connectivity index (χ4n) is 1.17. The van der Waals surface area contributed by atoms with Crippen molar-refractivity contribution in [2.75, 3.05) is 11.9 Å². The Labute approximate surface area is 91.8 Å². The molecule has 0 aliphatic heterocycles. The average Bonchev–Trinajstić information content (AvgIpc) is 2.10. The first-order chi connectivity index (χ1) is 6.07. The highest BCUT2D eigenvalue weighted by atomic mass is 79.9. The van der Waals surface area contributed by atoms with Gasteiger partial charge in [-0.15, -0.1) is 0 Å². The van der Waals surface area contributed by atoms with Crippen molar-refractivity contribution < 1.29 is 0 Å². The molecule has 0 aliphatic carbocycles. The van der Waals surface area contributed by atoms with Crippen molar-refractivity contribution in [2.45, 2.75) is 46.6 Å². The van der Waals surface area contributed by atoms with Crippen LogP contribution in [0.2, 0.25) is 0 Å². The summed E-state index contributed by atoms with van der Waals surface area (Å²) in [5.74, 6) is 1.56. The molecule has 2 atom stereocenters. The van der Waals surface area contributed by atoms with Gasteiger partial charge in [-0.3, -0.25) is 0 Å². The molecule has 0 rings (SSSR count). The van der Waals surface area contributed by atoms with E-state index in [1.165, 1.54) is 12.8 Å². The van der Waals surface area contributed by atoms with Crippen LogP contribution in [0.3, 0.4) is 0 Å². The molecule has 0 fully saturated rings. The van der Waals surface area contributed by atoms with Crippen LogP contribution in [0.1, 0.15) is 40.5 Å². The third-order valence-corrected chi connectivity index (χ3v) is 3.54. The minimum atomic E-state index is 0.631. The molecule has 0 bridgehead atoms. The van der Waals surface area contributed by atoms with E-state index < -0.39 is 0 Å². The van der Waals surface area contributed by atoms with Gasteiger partial charge in [0.2, 0.25) is 0 Å². The quantitative estimate of drug-likeness (QED) is 0.539. The van der Waals surface area contributed by atoms with Gasteiger partial charge in [0, 0.05) is 11.4 Å². The summed E-state index contributed by atoms with van der Waals surface area (Å²) >= 11 is 3.51. The molecule has 0 heterocycles. The van der Waals surface area contributed by atoms with Crippen LogP contribution in [-0.2, 0) is 0 Å². The van der Waals surface area contributed by atoms with Gasteiger partial charge in [-0.1, -0.05) is 36.7 Å². The van der Waals surface area contributed by atoms with Crippen molar-refractivity contribution in [3.63, 3.8) is 0 Å². The lowest BCUT2D eigenvalue weighted by atomic mass is 10.1. The highest BCUT2D eigenvalue weighted by Gasteiger charge is 2.08. The summed E-state index contributed by atoms with van der Waals surface area (Å²) in [5.41, 5.74) is 0. The van der Waals surface area contributed by atoms with Gasteiger partial charge in [-0.25, -0.2) is 0 Å². The number of hydrogen-bond acceptors (Lipinski definition) is 1. The average molecular weight is 250 g/mol. The molecule has 1 N–H and O–H groups in total. The van der Waals surface area contributed by atoms with E-state index in [4.69, 9.17) is 0 Å². The molecule has 2 unspecified atom stereocenters. The summed E-state index contributed by atoms with van der Waals surface area (Å²) < 4.78 is 0. The van der Waals surface area contributed by atoms with Crippen LogP contribution in [0.15, 0.2) is 0 Å². The zero-order valence-corrected chi connectivity index (χ0v) is 11.0. The summed E-state index contributed by atoms with van der Waals surface area (Å²) in [6.07, 6.45) is 2.64. The molecule has 2 heteroatoms. The Bertz CT molecular complexity index is 115. The molecule has 0 aromatic carbocycles. The SMILES string of the molecule is CC(C)CCCNC(C)C(C)CBr. The zero-order valence-electron chi connectivity index (χ0n) is 9.44. The van der Waals surface area contributed by atoms with E-state index in [9.17, 15) is 0 Å². The van der Waals surface area contributed by atoms with Gasteiger partial charge < -0.3 is 5.32 Å².